The Morgan fingerprint density at radius 3 is 2.33 bits per heavy atom. The molecule has 9 nitrogen and oxygen atoms in total. The number of hydrogen-bond donors (Lipinski definition) is 3. The summed E-state index contributed by atoms with van der Waals surface area (Å²) in [5.41, 5.74) is 1.37. The SMILES string of the molecule is CC(C)(C)C(=O)NCc1ccc(C(=O)NCc2cn(CC(=O)O)nn2)cc1. The molecule has 0 fully saturated rings. The van der Waals surface area contributed by atoms with Gasteiger partial charge < -0.3 is 15.7 Å². The van der Waals surface area contributed by atoms with Crippen molar-refractivity contribution in [3.63, 3.8) is 0 Å². The average Bonchev–Trinajstić information content (AvgIpc) is 3.03. The van der Waals surface area contributed by atoms with E-state index in [4.69, 9.17) is 5.11 Å². The van der Waals surface area contributed by atoms with Crippen LogP contribution in [0, 0.1) is 5.41 Å². The first kappa shape index (κ1) is 20.1. The van der Waals surface area contributed by atoms with Crippen molar-refractivity contribution >= 4 is 17.8 Å². The number of carboxylic acid groups (broad SMARTS) is 1. The molecule has 0 saturated heterocycles. The lowest BCUT2D eigenvalue weighted by molar-refractivity contribution is -0.138. The van der Waals surface area contributed by atoms with E-state index in [1.807, 2.05) is 20.8 Å². The third kappa shape index (κ3) is 6.21. The zero-order valence-electron chi connectivity index (χ0n) is 15.5. The monoisotopic (exact) mass is 373 g/mol. The first-order chi connectivity index (χ1) is 12.6. The highest BCUT2D eigenvalue weighted by molar-refractivity contribution is 5.94. The fourth-order valence-electron chi connectivity index (χ4n) is 2.13. The van der Waals surface area contributed by atoms with Crippen LogP contribution >= 0.6 is 0 Å². The van der Waals surface area contributed by atoms with Crippen LogP contribution in [0.3, 0.4) is 0 Å². The molecule has 1 aromatic carbocycles. The minimum absolute atomic E-state index is 0.0414. The predicted molar refractivity (Wildman–Crippen MR) is 96.6 cm³/mol. The lowest BCUT2D eigenvalue weighted by Crippen LogP contribution is -2.34. The number of rotatable bonds is 7. The molecule has 0 aliphatic carbocycles. The lowest BCUT2D eigenvalue weighted by Gasteiger charge is -2.17. The number of hydrogen-bond acceptors (Lipinski definition) is 5. The molecule has 27 heavy (non-hydrogen) atoms. The van der Waals surface area contributed by atoms with E-state index in [2.05, 4.69) is 20.9 Å². The van der Waals surface area contributed by atoms with E-state index in [1.165, 1.54) is 10.9 Å². The fraction of sp³-hybridized carbons (Fsp3) is 0.389. The number of benzene rings is 1. The van der Waals surface area contributed by atoms with Gasteiger partial charge in [-0.3, -0.25) is 14.4 Å². The summed E-state index contributed by atoms with van der Waals surface area (Å²) in [5, 5.41) is 21.7. The van der Waals surface area contributed by atoms with Crippen LogP contribution in [0.15, 0.2) is 30.5 Å². The van der Waals surface area contributed by atoms with E-state index < -0.39 is 11.4 Å². The van der Waals surface area contributed by atoms with Crippen molar-refractivity contribution in [1.29, 1.82) is 0 Å². The second-order valence-corrected chi connectivity index (χ2v) is 7.11. The maximum absolute atomic E-state index is 12.2. The van der Waals surface area contributed by atoms with Crippen molar-refractivity contribution < 1.29 is 19.5 Å². The van der Waals surface area contributed by atoms with E-state index in [0.717, 1.165) is 5.56 Å². The summed E-state index contributed by atoms with van der Waals surface area (Å²) in [7, 11) is 0. The second-order valence-electron chi connectivity index (χ2n) is 7.11. The Labute approximate surface area is 156 Å². The fourth-order valence-corrected chi connectivity index (χ4v) is 2.13. The van der Waals surface area contributed by atoms with Gasteiger partial charge in [-0.15, -0.1) is 5.10 Å². The summed E-state index contributed by atoms with van der Waals surface area (Å²) >= 11 is 0. The Morgan fingerprint density at radius 2 is 1.74 bits per heavy atom. The summed E-state index contributed by atoms with van der Waals surface area (Å²) in [5.74, 6) is -1.34. The van der Waals surface area contributed by atoms with Gasteiger partial charge in [0.1, 0.15) is 12.2 Å². The Morgan fingerprint density at radius 1 is 1.07 bits per heavy atom. The number of nitrogens with zero attached hydrogens (tertiary/aromatic N) is 3. The van der Waals surface area contributed by atoms with Crippen molar-refractivity contribution in [3.05, 3.63) is 47.3 Å². The molecule has 2 aromatic rings. The molecule has 0 aliphatic rings. The standard InChI is InChI=1S/C18H23N5O4/c1-18(2,3)17(27)20-8-12-4-6-13(7-5-12)16(26)19-9-14-10-23(22-21-14)11-15(24)25/h4-7,10H,8-9,11H2,1-3H3,(H,19,26)(H,20,27)(H,24,25). The molecule has 2 rings (SSSR count). The third-order valence-electron chi connectivity index (χ3n) is 3.66. The van der Waals surface area contributed by atoms with Crippen LogP contribution < -0.4 is 10.6 Å². The van der Waals surface area contributed by atoms with Crippen LogP contribution in [0.4, 0.5) is 0 Å². The van der Waals surface area contributed by atoms with Gasteiger partial charge in [-0.25, -0.2) is 4.68 Å². The molecular formula is C18H23N5O4. The summed E-state index contributed by atoms with van der Waals surface area (Å²) in [6.45, 7) is 5.78. The predicted octanol–water partition coefficient (Wildman–Crippen LogP) is 0.955. The minimum Gasteiger partial charge on any atom is -0.480 e. The molecule has 3 N–H and O–H groups in total. The molecule has 144 valence electrons. The zero-order chi connectivity index (χ0) is 20.0. The second kappa shape index (κ2) is 8.43. The van der Waals surface area contributed by atoms with E-state index in [9.17, 15) is 14.4 Å². The summed E-state index contributed by atoms with van der Waals surface area (Å²) in [4.78, 5) is 34.7. The summed E-state index contributed by atoms with van der Waals surface area (Å²) < 4.78 is 1.19. The molecule has 0 aliphatic heterocycles. The van der Waals surface area contributed by atoms with Crippen molar-refractivity contribution in [2.75, 3.05) is 0 Å². The number of aliphatic carboxylic acids is 1. The molecule has 0 atom stereocenters. The van der Waals surface area contributed by atoms with Crippen molar-refractivity contribution in [2.45, 2.75) is 40.4 Å². The number of carboxylic acids is 1. The molecule has 1 heterocycles. The number of amides is 2. The highest BCUT2D eigenvalue weighted by Crippen LogP contribution is 2.13. The number of carbonyl (C=O) groups excluding carboxylic acids is 2. The lowest BCUT2D eigenvalue weighted by atomic mass is 9.95. The van der Waals surface area contributed by atoms with E-state index in [1.54, 1.807) is 24.3 Å². The average molecular weight is 373 g/mol. The van der Waals surface area contributed by atoms with Gasteiger partial charge in [0, 0.05) is 17.5 Å². The number of carbonyl (C=O) groups is 3. The van der Waals surface area contributed by atoms with E-state index in [-0.39, 0.29) is 24.9 Å². The van der Waals surface area contributed by atoms with Crippen molar-refractivity contribution in [3.8, 4) is 0 Å². The quantitative estimate of drug-likeness (QED) is 0.663. The molecule has 9 heteroatoms. The Bertz CT molecular complexity index is 821. The van der Waals surface area contributed by atoms with Crippen molar-refractivity contribution in [1.82, 2.24) is 25.6 Å². The van der Waals surface area contributed by atoms with Crippen LogP contribution in [0.25, 0.3) is 0 Å². The smallest absolute Gasteiger partial charge is 0.325 e. The van der Waals surface area contributed by atoms with Crippen LogP contribution in [0.1, 0.15) is 42.4 Å². The minimum atomic E-state index is -1.02. The van der Waals surface area contributed by atoms with Crippen molar-refractivity contribution in [2.24, 2.45) is 5.41 Å². The van der Waals surface area contributed by atoms with Gasteiger partial charge in [0.2, 0.25) is 5.91 Å². The normalized spacial score (nSPS) is 11.1. The maximum atomic E-state index is 12.2. The van der Waals surface area contributed by atoms with Gasteiger partial charge in [-0.1, -0.05) is 38.1 Å². The molecule has 0 bridgehead atoms. The van der Waals surface area contributed by atoms with E-state index >= 15 is 0 Å². The van der Waals surface area contributed by atoms with Gasteiger partial charge in [0.05, 0.1) is 12.7 Å². The highest BCUT2D eigenvalue weighted by Gasteiger charge is 2.20. The zero-order valence-corrected chi connectivity index (χ0v) is 15.5. The first-order valence-corrected chi connectivity index (χ1v) is 8.41. The highest BCUT2D eigenvalue weighted by atomic mass is 16.4. The topological polar surface area (TPSA) is 126 Å². The van der Waals surface area contributed by atoms with Crippen LogP contribution in [-0.4, -0.2) is 37.9 Å². The third-order valence-corrected chi connectivity index (χ3v) is 3.66. The Hall–Kier alpha value is -3.23. The van der Waals surface area contributed by atoms with Crippen LogP contribution in [0.5, 0.6) is 0 Å². The molecule has 0 spiro atoms. The molecule has 0 saturated carbocycles. The van der Waals surface area contributed by atoms with Gasteiger partial charge in [0.15, 0.2) is 0 Å². The van der Waals surface area contributed by atoms with Gasteiger partial charge >= 0.3 is 5.97 Å². The largest absolute Gasteiger partial charge is 0.480 e. The van der Waals surface area contributed by atoms with Gasteiger partial charge in [0.25, 0.3) is 5.91 Å². The Kier molecular flexibility index (Phi) is 6.27. The molecule has 1 aromatic heterocycles. The molecule has 0 unspecified atom stereocenters. The van der Waals surface area contributed by atoms with Crippen LogP contribution in [0.2, 0.25) is 0 Å². The van der Waals surface area contributed by atoms with Gasteiger partial charge in [-0.2, -0.15) is 0 Å². The molecule has 2 amide bonds. The molecule has 0 radical (unpaired) electrons. The van der Waals surface area contributed by atoms with Gasteiger partial charge in [-0.05, 0) is 17.7 Å². The summed E-state index contributed by atoms with van der Waals surface area (Å²) in [6, 6.07) is 6.91. The number of aromatic nitrogens is 3. The first-order valence-electron chi connectivity index (χ1n) is 8.41. The molecular weight excluding hydrogens is 350 g/mol. The van der Waals surface area contributed by atoms with Crippen LogP contribution in [-0.2, 0) is 29.2 Å². The Balaban J connectivity index is 1.85. The number of nitrogens with one attached hydrogen (secondary N) is 2. The van der Waals surface area contributed by atoms with E-state index in [0.29, 0.717) is 17.8 Å². The summed E-state index contributed by atoms with van der Waals surface area (Å²) in [6.07, 6.45) is 1.47. The maximum Gasteiger partial charge on any atom is 0.325 e.